The van der Waals surface area contributed by atoms with Crippen LogP contribution in [-0.4, -0.2) is 37.8 Å². The van der Waals surface area contributed by atoms with Gasteiger partial charge in [-0.1, -0.05) is 49.2 Å². The van der Waals surface area contributed by atoms with Crippen molar-refractivity contribution in [2.24, 2.45) is 10.9 Å². The number of thioether (sulfide) groups is 1. The molecule has 0 atom stereocenters. The summed E-state index contributed by atoms with van der Waals surface area (Å²) in [6, 6.07) is 0. The van der Waals surface area contributed by atoms with E-state index in [-0.39, 0.29) is 0 Å². The third-order valence-electron chi connectivity index (χ3n) is 4.81. The van der Waals surface area contributed by atoms with Crippen LogP contribution in [0.5, 0.6) is 0 Å². The zero-order valence-corrected chi connectivity index (χ0v) is 17.7. The van der Waals surface area contributed by atoms with Crippen LogP contribution < -0.4 is 10.6 Å². The molecule has 2 aliphatic heterocycles. The van der Waals surface area contributed by atoms with Crippen molar-refractivity contribution >= 4 is 18.0 Å². The molecule has 2 N–H and O–H groups in total. The molecule has 0 aromatic carbocycles. The van der Waals surface area contributed by atoms with Crippen LogP contribution in [0.2, 0.25) is 0 Å². The number of likely N-dealkylation sites (tertiary alicyclic amines) is 1. The van der Waals surface area contributed by atoms with Crippen molar-refractivity contribution < 1.29 is 0 Å². The Kier molecular flexibility index (Phi) is 8.20. The summed E-state index contributed by atoms with van der Waals surface area (Å²) < 4.78 is 0. The van der Waals surface area contributed by atoms with E-state index in [1.807, 2.05) is 6.08 Å². The highest BCUT2D eigenvalue weighted by Gasteiger charge is 2.19. The Hall–Kier alpha value is -1.98. The van der Waals surface area contributed by atoms with Crippen LogP contribution in [0.25, 0.3) is 0 Å². The zero-order chi connectivity index (χ0) is 19.8. The standard InChI is InChI=1S/C22H32N4S/c1-7-11-23-22-18(5)27-21(8-2)20(25-22)14-16(3)15-24-17(4)19-9-12-26(6)13-10-19/h7-8,11,14,19,24-25H,1-2,4,9-10,12-13,15H2,3,5-6H3/b16-14+,23-11-. The van der Waals surface area contributed by atoms with Gasteiger partial charge in [-0.2, -0.15) is 0 Å². The first-order chi connectivity index (χ1) is 12.9. The van der Waals surface area contributed by atoms with Crippen molar-refractivity contribution in [2.45, 2.75) is 26.7 Å². The Balaban J connectivity index is 1.98. The van der Waals surface area contributed by atoms with Gasteiger partial charge in [0, 0.05) is 34.2 Å². The second-order valence-corrected chi connectivity index (χ2v) is 8.33. The summed E-state index contributed by atoms with van der Waals surface area (Å²) >= 11 is 1.69. The summed E-state index contributed by atoms with van der Waals surface area (Å²) in [7, 11) is 2.18. The van der Waals surface area contributed by atoms with Crippen molar-refractivity contribution in [3.8, 4) is 0 Å². The van der Waals surface area contributed by atoms with E-state index in [1.165, 1.54) is 18.4 Å². The predicted molar refractivity (Wildman–Crippen MR) is 120 cm³/mol. The van der Waals surface area contributed by atoms with E-state index in [2.05, 4.69) is 67.2 Å². The Labute approximate surface area is 168 Å². The molecule has 1 fully saturated rings. The van der Waals surface area contributed by atoms with E-state index in [1.54, 1.807) is 24.1 Å². The van der Waals surface area contributed by atoms with Crippen LogP contribution in [0.4, 0.5) is 0 Å². The Morgan fingerprint density at radius 3 is 2.70 bits per heavy atom. The minimum absolute atomic E-state index is 0.575. The van der Waals surface area contributed by atoms with Crippen LogP contribution in [-0.2, 0) is 0 Å². The minimum Gasteiger partial charge on any atom is -0.385 e. The Morgan fingerprint density at radius 1 is 1.37 bits per heavy atom. The molecule has 0 aromatic heterocycles. The van der Waals surface area contributed by atoms with Gasteiger partial charge < -0.3 is 15.5 Å². The molecular formula is C22H32N4S. The lowest BCUT2D eigenvalue weighted by Crippen LogP contribution is -2.33. The summed E-state index contributed by atoms with van der Waals surface area (Å²) in [4.78, 5) is 9.03. The second-order valence-electron chi connectivity index (χ2n) is 7.07. The summed E-state index contributed by atoms with van der Waals surface area (Å²) in [6.45, 7) is 19.2. The van der Waals surface area contributed by atoms with Crippen LogP contribution in [0.1, 0.15) is 26.7 Å². The summed E-state index contributed by atoms with van der Waals surface area (Å²) in [5.41, 5.74) is 3.42. The average molecular weight is 385 g/mol. The van der Waals surface area contributed by atoms with E-state index in [0.717, 1.165) is 46.7 Å². The third kappa shape index (κ3) is 6.29. The van der Waals surface area contributed by atoms with E-state index in [4.69, 9.17) is 0 Å². The molecule has 4 nitrogen and oxygen atoms in total. The van der Waals surface area contributed by atoms with Crippen LogP contribution in [0.15, 0.2) is 75.6 Å². The monoisotopic (exact) mass is 384 g/mol. The molecule has 0 unspecified atom stereocenters. The number of nitrogens with one attached hydrogen (secondary N) is 2. The first-order valence-electron chi connectivity index (χ1n) is 9.40. The van der Waals surface area contributed by atoms with Crippen molar-refractivity contribution in [3.05, 3.63) is 70.6 Å². The predicted octanol–water partition coefficient (Wildman–Crippen LogP) is 4.56. The van der Waals surface area contributed by atoms with Crippen molar-refractivity contribution in [3.63, 3.8) is 0 Å². The van der Waals surface area contributed by atoms with Gasteiger partial charge in [0.25, 0.3) is 0 Å². The van der Waals surface area contributed by atoms with Gasteiger partial charge >= 0.3 is 0 Å². The molecule has 0 radical (unpaired) electrons. The molecule has 0 saturated carbocycles. The number of nitrogens with zero attached hydrogens (tertiary/aromatic N) is 2. The van der Waals surface area contributed by atoms with Crippen LogP contribution in [0, 0.1) is 5.92 Å². The number of rotatable bonds is 8. The molecule has 0 amide bonds. The number of hydrogen-bond donors (Lipinski definition) is 2. The fourth-order valence-electron chi connectivity index (χ4n) is 3.11. The molecule has 0 spiro atoms. The van der Waals surface area contributed by atoms with E-state index < -0.39 is 0 Å². The largest absolute Gasteiger partial charge is 0.385 e. The lowest BCUT2D eigenvalue weighted by molar-refractivity contribution is 0.234. The van der Waals surface area contributed by atoms with Gasteiger partial charge in [-0.3, -0.25) is 0 Å². The highest BCUT2D eigenvalue weighted by atomic mass is 32.2. The smallest absolute Gasteiger partial charge is 0.139 e. The summed E-state index contributed by atoms with van der Waals surface area (Å²) in [6.07, 6.45) is 9.80. The fraction of sp³-hybridized carbons (Fsp3) is 0.409. The SMILES string of the molecule is C=C/C=N\C1=C(C)SC(C=C)=C(/C=C(\C)CNC(=C)C2CCN(C)CC2)N1. The molecule has 0 aromatic rings. The quantitative estimate of drug-likeness (QED) is 0.602. The van der Waals surface area contributed by atoms with E-state index in [9.17, 15) is 0 Å². The third-order valence-corrected chi connectivity index (χ3v) is 5.91. The molecule has 0 aliphatic carbocycles. The first-order valence-corrected chi connectivity index (χ1v) is 10.2. The Morgan fingerprint density at radius 2 is 2.07 bits per heavy atom. The summed E-state index contributed by atoms with van der Waals surface area (Å²) in [5.74, 6) is 1.43. The maximum absolute atomic E-state index is 4.42. The fourth-order valence-corrected chi connectivity index (χ4v) is 3.94. The van der Waals surface area contributed by atoms with Crippen LogP contribution in [0.3, 0.4) is 0 Å². The van der Waals surface area contributed by atoms with Crippen LogP contribution >= 0.6 is 11.8 Å². The maximum atomic E-state index is 4.42. The highest BCUT2D eigenvalue weighted by Crippen LogP contribution is 2.34. The molecule has 2 aliphatic rings. The number of piperidine rings is 1. The molecular weight excluding hydrogens is 352 g/mol. The van der Waals surface area contributed by atoms with Gasteiger partial charge in [0.1, 0.15) is 5.82 Å². The molecule has 27 heavy (non-hydrogen) atoms. The lowest BCUT2D eigenvalue weighted by Gasteiger charge is -2.30. The minimum atomic E-state index is 0.575. The van der Waals surface area contributed by atoms with Gasteiger partial charge in [-0.25, -0.2) is 4.99 Å². The van der Waals surface area contributed by atoms with Gasteiger partial charge in [0.15, 0.2) is 0 Å². The number of aliphatic imine (C=N–C) groups is 1. The highest BCUT2D eigenvalue weighted by molar-refractivity contribution is 8.07. The van der Waals surface area contributed by atoms with Gasteiger partial charge in [0.05, 0.1) is 5.70 Å². The second kappa shape index (κ2) is 10.4. The molecule has 2 heterocycles. The molecule has 0 bridgehead atoms. The molecule has 1 saturated heterocycles. The Bertz CT molecular complexity index is 704. The zero-order valence-electron chi connectivity index (χ0n) is 16.8. The summed E-state index contributed by atoms with van der Waals surface area (Å²) in [5, 5.41) is 6.94. The van der Waals surface area contributed by atoms with E-state index >= 15 is 0 Å². The molecule has 146 valence electrons. The average Bonchev–Trinajstić information content (AvgIpc) is 2.66. The number of hydrogen-bond acceptors (Lipinski definition) is 5. The van der Waals surface area contributed by atoms with E-state index in [0.29, 0.717) is 5.92 Å². The van der Waals surface area contributed by atoms with Crippen molar-refractivity contribution in [2.75, 3.05) is 26.7 Å². The first kappa shape index (κ1) is 21.3. The van der Waals surface area contributed by atoms with Gasteiger partial charge in [0.2, 0.25) is 0 Å². The topological polar surface area (TPSA) is 39.7 Å². The maximum Gasteiger partial charge on any atom is 0.139 e. The molecule has 5 heteroatoms. The lowest BCUT2D eigenvalue weighted by atomic mass is 9.94. The van der Waals surface area contributed by atoms with Crippen molar-refractivity contribution in [1.82, 2.24) is 15.5 Å². The van der Waals surface area contributed by atoms with Gasteiger partial charge in [-0.05, 0) is 52.9 Å². The normalized spacial score (nSPS) is 20.0. The van der Waals surface area contributed by atoms with Crippen molar-refractivity contribution in [1.29, 1.82) is 0 Å². The number of allylic oxidation sites excluding steroid dienone is 5. The van der Waals surface area contributed by atoms with Gasteiger partial charge in [-0.15, -0.1) is 0 Å². The molecule has 2 rings (SSSR count).